The quantitative estimate of drug-likeness (QED) is 0.506. The van der Waals surface area contributed by atoms with Crippen LogP contribution >= 0.6 is 15.9 Å². The van der Waals surface area contributed by atoms with E-state index in [1.54, 1.807) is 0 Å². The van der Waals surface area contributed by atoms with E-state index >= 15 is 0 Å². The molecule has 0 amide bonds. The Labute approximate surface area is 84.1 Å². The molecule has 0 atom stereocenters. The molecule has 0 aromatic heterocycles. The van der Waals surface area contributed by atoms with E-state index in [1.165, 1.54) is 17.8 Å². The Morgan fingerprint density at radius 3 is 1.78 bits per heavy atom. The molecule has 0 radical (unpaired) electrons. The SMILES string of the molecule is C[Si](C)(C)CCCBr.[MgH2]. The molecule has 54 valence electrons. The van der Waals surface area contributed by atoms with Gasteiger partial charge in [0, 0.05) is 13.4 Å². The van der Waals surface area contributed by atoms with Crippen molar-refractivity contribution in [3.05, 3.63) is 0 Å². The van der Waals surface area contributed by atoms with Crippen molar-refractivity contribution in [1.82, 2.24) is 0 Å². The molecule has 0 saturated carbocycles. The van der Waals surface area contributed by atoms with E-state index < -0.39 is 8.07 Å². The van der Waals surface area contributed by atoms with Crippen LogP contribution in [0.25, 0.3) is 0 Å². The fraction of sp³-hybridized carbons (Fsp3) is 1.00. The molecule has 0 heterocycles. The van der Waals surface area contributed by atoms with Gasteiger partial charge < -0.3 is 0 Å². The van der Waals surface area contributed by atoms with Gasteiger partial charge in [0.15, 0.2) is 0 Å². The summed E-state index contributed by atoms with van der Waals surface area (Å²) in [4.78, 5) is 0. The lowest BCUT2D eigenvalue weighted by Crippen LogP contribution is -2.18. The fourth-order valence-electron chi connectivity index (χ4n) is 0.597. The van der Waals surface area contributed by atoms with E-state index in [9.17, 15) is 0 Å². The molecule has 0 bridgehead atoms. The van der Waals surface area contributed by atoms with Crippen molar-refractivity contribution in [1.29, 1.82) is 0 Å². The van der Waals surface area contributed by atoms with Crippen LogP contribution in [0, 0.1) is 0 Å². The predicted molar refractivity (Wildman–Crippen MR) is 55.1 cm³/mol. The number of rotatable bonds is 3. The highest BCUT2D eigenvalue weighted by Crippen LogP contribution is 2.11. The minimum Gasteiger partial charge on any atom is -0.0928 e. The molecule has 0 aliphatic heterocycles. The summed E-state index contributed by atoms with van der Waals surface area (Å²) < 4.78 is 0. The molecule has 0 aliphatic rings. The van der Waals surface area contributed by atoms with Crippen molar-refractivity contribution >= 4 is 47.1 Å². The lowest BCUT2D eigenvalue weighted by molar-refractivity contribution is 1.07. The van der Waals surface area contributed by atoms with Crippen LogP contribution in [0.4, 0.5) is 0 Å². The van der Waals surface area contributed by atoms with Crippen LogP contribution in [-0.4, -0.2) is 36.5 Å². The third-order valence-electron chi connectivity index (χ3n) is 1.06. The second-order valence-corrected chi connectivity index (χ2v) is 9.77. The molecule has 0 saturated heterocycles. The highest BCUT2D eigenvalue weighted by atomic mass is 79.9. The van der Waals surface area contributed by atoms with Crippen LogP contribution in [-0.2, 0) is 0 Å². The molecule has 0 aromatic carbocycles. The topological polar surface area (TPSA) is 0 Å². The van der Waals surface area contributed by atoms with E-state index in [4.69, 9.17) is 0 Å². The number of hydrogen-bond donors (Lipinski definition) is 0. The van der Waals surface area contributed by atoms with Crippen LogP contribution in [0.2, 0.25) is 25.7 Å². The van der Waals surface area contributed by atoms with Crippen LogP contribution in [0.3, 0.4) is 0 Å². The summed E-state index contributed by atoms with van der Waals surface area (Å²) in [7, 11) is -0.708. The van der Waals surface area contributed by atoms with Gasteiger partial charge in [-0.05, 0) is 6.42 Å². The largest absolute Gasteiger partial charge is 0.316 e. The molecular formula is C6H17BrMgSi. The van der Waals surface area contributed by atoms with Gasteiger partial charge in [-0.1, -0.05) is 41.6 Å². The highest BCUT2D eigenvalue weighted by molar-refractivity contribution is 9.09. The highest BCUT2D eigenvalue weighted by Gasteiger charge is 2.10. The molecule has 3 heteroatoms. The first-order valence-electron chi connectivity index (χ1n) is 3.12. The predicted octanol–water partition coefficient (Wildman–Crippen LogP) is 2.19. The average molecular weight is 221 g/mol. The monoisotopic (exact) mass is 220 g/mol. The Morgan fingerprint density at radius 2 is 1.67 bits per heavy atom. The first kappa shape index (κ1) is 13.1. The molecular weight excluding hydrogens is 204 g/mol. The van der Waals surface area contributed by atoms with Gasteiger partial charge in [-0.15, -0.1) is 0 Å². The minimum absolute atomic E-state index is 0. The van der Waals surface area contributed by atoms with E-state index in [1.807, 2.05) is 0 Å². The number of hydrogen-bond acceptors (Lipinski definition) is 0. The first-order valence-corrected chi connectivity index (χ1v) is 7.95. The van der Waals surface area contributed by atoms with Crippen molar-refractivity contribution in [2.45, 2.75) is 32.1 Å². The van der Waals surface area contributed by atoms with Gasteiger partial charge >= 0.3 is 23.1 Å². The summed E-state index contributed by atoms with van der Waals surface area (Å²) in [5, 5.41) is 1.18. The van der Waals surface area contributed by atoms with Crippen LogP contribution in [0.5, 0.6) is 0 Å². The molecule has 0 nitrogen and oxygen atoms in total. The Balaban J connectivity index is 0. The van der Waals surface area contributed by atoms with Gasteiger partial charge in [-0.3, -0.25) is 0 Å². The van der Waals surface area contributed by atoms with Crippen molar-refractivity contribution in [2.75, 3.05) is 5.33 Å². The van der Waals surface area contributed by atoms with Gasteiger partial charge in [-0.2, -0.15) is 0 Å². The fourth-order valence-corrected chi connectivity index (χ4v) is 2.63. The molecule has 0 N–H and O–H groups in total. The average Bonchev–Trinajstić information content (AvgIpc) is 1.59. The van der Waals surface area contributed by atoms with Gasteiger partial charge in [-0.25, -0.2) is 0 Å². The molecule has 9 heavy (non-hydrogen) atoms. The standard InChI is InChI=1S/C6H15BrSi.Mg.2H/c1-8(2,3)6-4-5-7;;;/h4-6H2,1-3H3;;;. The molecule has 0 rings (SSSR count). The Bertz CT molecular complexity index is 60.6. The van der Waals surface area contributed by atoms with Gasteiger partial charge in [0.2, 0.25) is 0 Å². The van der Waals surface area contributed by atoms with E-state index in [-0.39, 0.29) is 23.1 Å². The minimum atomic E-state index is -0.708. The van der Waals surface area contributed by atoms with Crippen molar-refractivity contribution < 1.29 is 0 Å². The van der Waals surface area contributed by atoms with Crippen LogP contribution in [0.15, 0.2) is 0 Å². The van der Waals surface area contributed by atoms with Crippen LogP contribution in [0.1, 0.15) is 6.42 Å². The van der Waals surface area contributed by atoms with Crippen molar-refractivity contribution in [2.24, 2.45) is 0 Å². The lowest BCUT2D eigenvalue weighted by atomic mass is 10.6. The zero-order valence-corrected chi connectivity index (χ0v) is 8.59. The Hall–Kier alpha value is 1.46. The van der Waals surface area contributed by atoms with Crippen molar-refractivity contribution in [3.8, 4) is 0 Å². The first-order chi connectivity index (χ1) is 3.56. The number of alkyl halides is 1. The van der Waals surface area contributed by atoms with E-state index in [0.29, 0.717) is 0 Å². The second-order valence-electron chi connectivity index (χ2n) is 3.35. The van der Waals surface area contributed by atoms with Gasteiger partial charge in [0.1, 0.15) is 0 Å². The molecule has 0 aromatic rings. The molecule has 0 unspecified atom stereocenters. The summed E-state index contributed by atoms with van der Waals surface area (Å²) in [5.74, 6) is 0. The third-order valence-corrected chi connectivity index (χ3v) is 3.47. The van der Waals surface area contributed by atoms with E-state index in [0.717, 1.165) is 0 Å². The van der Waals surface area contributed by atoms with Gasteiger partial charge in [0.25, 0.3) is 0 Å². The zero-order chi connectivity index (χ0) is 6.62. The van der Waals surface area contributed by atoms with Gasteiger partial charge in [0.05, 0.1) is 0 Å². The maximum atomic E-state index is 3.42. The summed E-state index contributed by atoms with van der Waals surface area (Å²) in [6, 6.07) is 1.46. The van der Waals surface area contributed by atoms with Crippen molar-refractivity contribution in [3.63, 3.8) is 0 Å². The second kappa shape index (κ2) is 6.19. The Morgan fingerprint density at radius 1 is 1.22 bits per heavy atom. The maximum Gasteiger partial charge on any atom is 0.316 e. The van der Waals surface area contributed by atoms with E-state index in [2.05, 4.69) is 35.6 Å². The third kappa shape index (κ3) is 12.6. The smallest absolute Gasteiger partial charge is 0.0928 e. The molecule has 0 fully saturated rings. The Kier molecular flexibility index (Phi) is 9.00. The van der Waals surface area contributed by atoms with Crippen LogP contribution < -0.4 is 0 Å². The summed E-state index contributed by atoms with van der Waals surface area (Å²) in [5.41, 5.74) is 0. The summed E-state index contributed by atoms with van der Waals surface area (Å²) >= 11 is 3.42. The summed E-state index contributed by atoms with van der Waals surface area (Å²) in [6.07, 6.45) is 1.36. The lowest BCUT2D eigenvalue weighted by Gasteiger charge is -2.13. The number of halogens is 1. The summed E-state index contributed by atoms with van der Waals surface area (Å²) in [6.45, 7) is 7.24. The maximum absolute atomic E-state index is 3.42. The molecule has 0 aliphatic carbocycles. The molecule has 0 spiro atoms. The zero-order valence-electron chi connectivity index (χ0n) is 6.00. The normalized spacial score (nSPS) is 10.7.